The number of halogens is 3. The van der Waals surface area contributed by atoms with Gasteiger partial charge in [0.05, 0.1) is 0 Å². The van der Waals surface area contributed by atoms with Crippen molar-refractivity contribution in [1.29, 1.82) is 0 Å². The number of likely N-dealkylation sites (tertiary alicyclic amines) is 1. The minimum Gasteiger partial charge on any atom is -0.353 e. The second-order valence-electron chi connectivity index (χ2n) is 5.83. The van der Waals surface area contributed by atoms with Crippen molar-refractivity contribution in [2.45, 2.75) is 38.9 Å². The van der Waals surface area contributed by atoms with Gasteiger partial charge in [0.1, 0.15) is 5.69 Å². The highest BCUT2D eigenvalue weighted by Crippen LogP contribution is 2.27. The first kappa shape index (κ1) is 16.0. The number of rotatable bonds is 5. The number of aromatic nitrogens is 2. The van der Waals surface area contributed by atoms with Gasteiger partial charge in [-0.2, -0.15) is 13.2 Å². The number of nitrogens with zero attached hydrogens (tertiary/aromatic N) is 3. The maximum absolute atomic E-state index is 12.6. The van der Waals surface area contributed by atoms with E-state index >= 15 is 0 Å². The minimum absolute atomic E-state index is 0.0428. The molecule has 21 heavy (non-hydrogen) atoms. The predicted molar refractivity (Wildman–Crippen MR) is 75.0 cm³/mol. The lowest BCUT2D eigenvalue weighted by atomic mass is 10.1. The number of alkyl halides is 3. The molecule has 1 aromatic rings. The Morgan fingerprint density at radius 3 is 2.86 bits per heavy atom. The quantitative estimate of drug-likeness (QED) is 0.908. The summed E-state index contributed by atoms with van der Waals surface area (Å²) < 4.78 is 37.8. The molecule has 118 valence electrons. The van der Waals surface area contributed by atoms with Crippen LogP contribution in [0.5, 0.6) is 0 Å². The van der Waals surface area contributed by atoms with E-state index in [1.54, 1.807) is 0 Å². The largest absolute Gasteiger partial charge is 0.433 e. The molecule has 0 aliphatic carbocycles. The van der Waals surface area contributed by atoms with Gasteiger partial charge in [0.2, 0.25) is 5.95 Å². The molecule has 4 nitrogen and oxygen atoms in total. The molecule has 1 aliphatic rings. The van der Waals surface area contributed by atoms with Crippen molar-refractivity contribution in [1.82, 2.24) is 14.9 Å². The first-order chi connectivity index (χ1) is 9.86. The molecular formula is C14H21F3N4. The van der Waals surface area contributed by atoms with Crippen molar-refractivity contribution in [3.05, 3.63) is 18.0 Å². The molecule has 0 spiro atoms. The van der Waals surface area contributed by atoms with Gasteiger partial charge in [0.25, 0.3) is 0 Å². The second kappa shape index (κ2) is 6.60. The van der Waals surface area contributed by atoms with Crippen molar-refractivity contribution < 1.29 is 13.2 Å². The van der Waals surface area contributed by atoms with Crippen molar-refractivity contribution >= 4 is 5.95 Å². The van der Waals surface area contributed by atoms with Crippen LogP contribution in [0.1, 0.15) is 32.4 Å². The van der Waals surface area contributed by atoms with Crippen LogP contribution in [0.2, 0.25) is 0 Å². The molecule has 1 aromatic heterocycles. The van der Waals surface area contributed by atoms with Crippen molar-refractivity contribution in [2.24, 2.45) is 5.92 Å². The highest BCUT2D eigenvalue weighted by Gasteiger charge is 2.33. The molecule has 2 rings (SSSR count). The molecule has 0 unspecified atom stereocenters. The summed E-state index contributed by atoms with van der Waals surface area (Å²) >= 11 is 0. The van der Waals surface area contributed by atoms with Gasteiger partial charge in [-0.1, -0.05) is 13.8 Å². The summed E-state index contributed by atoms with van der Waals surface area (Å²) in [4.78, 5) is 9.76. The Morgan fingerprint density at radius 1 is 1.43 bits per heavy atom. The summed E-state index contributed by atoms with van der Waals surface area (Å²) in [5, 5.41) is 2.94. The fourth-order valence-electron chi connectivity index (χ4n) is 2.65. The average molecular weight is 302 g/mol. The first-order valence-corrected chi connectivity index (χ1v) is 7.24. The van der Waals surface area contributed by atoms with Gasteiger partial charge in [0.15, 0.2) is 0 Å². The van der Waals surface area contributed by atoms with E-state index in [0.717, 1.165) is 38.2 Å². The molecule has 1 aliphatic heterocycles. The number of hydrogen-bond donors (Lipinski definition) is 1. The summed E-state index contributed by atoms with van der Waals surface area (Å²) in [6.45, 7) is 6.97. The molecule has 1 saturated heterocycles. The normalized spacial score (nSPS) is 20.2. The third kappa shape index (κ3) is 4.56. The van der Waals surface area contributed by atoms with Crippen LogP contribution in [-0.4, -0.2) is 40.5 Å². The molecule has 0 aromatic carbocycles. The maximum atomic E-state index is 12.6. The average Bonchev–Trinajstić information content (AvgIpc) is 2.82. The Hall–Kier alpha value is -1.37. The standard InChI is InChI=1S/C14H21F3N4/c1-10(2)9-21-7-3-4-11(21)8-19-13-18-6-5-12(20-13)14(15,16)17/h5-6,10-11H,3-4,7-9H2,1-2H3,(H,18,19,20)/t11-/m1/s1. The van der Waals surface area contributed by atoms with Crippen LogP contribution in [0.4, 0.5) is 19.1 Å². The smallest absolute Gasteiger partial charge is 0.353 e. The van der Waals surface area contributed by atoms with E-state index in [-0.39, 0.29) is 5.95 Å². The molecule has 7 heteroatoms. The second-order valence-corrected chi connectivity index (χ2v) is 5.83. The van der Waals surface area contributed by atoms with E-state index < -0.39 is 11.9 Å². The number of nitrogens with one attached hydrogen (secondary N) is 1. The Kier molecular flexibility index (Phi) is 5.03. The fourth-order valence-corrected chi connectivity index (χ4v) is 2.65. The zero-order valence-corrected chi connectivity index (χ0v) is 12.3. The van der Waals surface area contributed by atoms with E-state index in [1.165, 1.54) is 0 Å². The Balaban J connectivity index is 1.93. The molecule has 0 radical (unpaired) electrons. The van der Waals surface area contributed by atoms with Gasteiger partial charge in [-0.05, 0) is 31.4 Å². The Labute approximate surface area is 122 Å². The summed E-state index contributed by atoms with van der Waals surface area (Å²) in [5.41, 5.74) is -0.912. The monoisotopic (exact) mass is 302 g/mol. The predicted octanol–water partition coefficient (Wildman–Crippen LogP) is 3.03. The van der Waals surface area contributed by atoms with Gasteiger partial charge in [-0.25, -0.2) is 9.97 Å². The van der Waals surface area contributed by atoms with E-state index in [4.69, 9.17) is 0 Å². The number of anilines is 1. The molecule has 0 saturated carbocycles. The Morgan fingerprint density at radius 2 is 2.19 bits per heavy atom. The molecular weight excluding hydrogens is 281 g/mol. The molecule has 1 fully saturated rings. The lowest BCUT2D eigenvalue weighted by molar-refractivity contribution is -0.141. The van der Waals surface area contributed by atoms with Crippen LogP contribution in [0.15, 0.2) is 12.3 Å². The molecule has 1 N–H and O–H groups in total. The van der Waals surface area contributed by atoms with Crippen LogP contribution in [0.3, 0.4) is 0 Å². The molecule has 2 heterocycles. The summed E-state index contributed by atoms with van der Waals surface area (Å²) in [6, 6.07) is 1.22. The van der Waals surface area contributed by atoms with Crippen LogP contribution in [0, 0.1) is 5.92 Å². The van der Waals surface area contributed by atoms with Crippen LogP contribution in [-0.2, 0) is 6.18 Å². The van der Waals surface area contributed by atoms with Crippen LogP contribution >= 0.6 is 0 Å². The SMILES string of the molecule is CC(C)CN1CCC[C@@H]1CNc1nccc(C(F)(F)F)n1. The first-order valence-electron chi connectivity index (χ1n) is 7.24. The van der Waals surface area contributed by atoms with Crippen molar-refractivity contribution in [3.63, 3.8) is 0 Å². The van der Waals surface area contributed by atoms with Gasteiger partial charge in [-0.15, -0.1) is 0 Å². The van der Waals surface area contributed by atoms with Crippen molar-refractivity contribution in [2.75, 3.05) is 25.0 Å². The summed E-state index contributed by atoms with van der Waals surface area (Å²) in [7, 11) is 0. The van der Waals surface area contributed by atoms with Gasteiger partial charge >= 0.3 is 6.18 Å². The fraction of sp³-hybridized carbons (Fsp3) is 0.714. The number of hydrogen-bond acceptors (Lipinski definition) is 4. The molecule has 0 amide bonds. The molecule has 1 atom stereocenters. The van der Waals surface area contributed by atoms with E-state index in [2.05, 4.69) is 34.0 Å². The van der Waals surface area contributed by atoms with Crippen molar-refractivity contribution in [3.8, 4) is 0 Å². The lowest BCUT2D eigenvalue weighted by Crippen LogP contribution is -2.37. The minimum atomic E-state index is -4.43. The third-order valence-corrected chi connectivity index (χ3v) is 3.54. The summed E-state index contributed by atoms with van der Waals surface area (Å²) in [5.74, 6) is 0.622. The zero-order chi connectivity index (χ0) is 15.5. The topological polar surface area (TPSA) is 41.0 Å². The van der Waals surface area contributed by atoms with E-state index in [1.807, 2.05) is 0 Å². The third-order valence-electron chi connectivity index (χ3n) is 3.54. The van der Waals surface area contributed by atoms with Gasteiger partial charge in [-0.3, -0.25) is 4.90 Å². The zero-order valence-electron chi connectivity index (χ0n) is 12.3. The highest BCUT2D eigenvalue weighted by atomic mass is 19.4. The Bertz CT molecular complexity index is 462. The lowest BCUT2D eigenvalue weighted by Gasteiger charge is -2.26. The van der Waals surface area contributed by atoms with Crippen LogP contribution in [0.25, 0.3) is 0 Å². The van der Waals surface area contributed by atoms with Gasteiger partial charge < -0.3 is 5.32 Å². The van der Waals surface area contributed by atoms with E-state index in [0.29, 0.717) is 18.5 Å². The van der Waals surface area contributed by atoms with E-state index in [9.17, 15) is 13.2 Å². The summed E-state index contributed by atoms with van der Waals surface area (Å²) in [6.07, 6.45) is -1.11. The van der Waals surface area contributed by atoms with Crippen LogP contribution < -0.4 is 5.32 Å². The highest BCUT2D eigenvalue weighted by molar-refractivity contribution is 5.26. The molecule has 0 bridgehead atoms. The maximum Gasteiger partial charge on any atom is 0.433 e. The van der Waals surface area contributed by atoms with Gasteiger partial charge in [0, 0.05) is 25.3 Å².